The van der Waals surface area contributed by atoms with Crippen molar-refractivity contribution in [3.05, 3.63) is 12.2 Å². The number of carbonyl (C=O) groups is 2. The Morgan fingerprint density at radius 3 is 2.36 bits per heavy atom. The summed E-state index contributed by atoms with van der Waals surface area (Å²) in [6, 6.07) is 0. The van der Waals surface area contributed by atoms with E-state index in [1.54, 1.807) is 0 Å². The van der Waals surface area contributed by atoms with Gasteiger partial charge in [0.2, 0.25) is 0 Å². The molecule has 1 aliphatic rings. The Labute approximate surface area is 63.2 Å². The third-order valence-electron chi connectivity index (χ3n) is 1.35. The number of imide groups is 1. The van der Waals surface area contributed by atoms with Crippen LogP contribution < -0.4 is 5.48 Å². The molecule has 0 radical (unpaired) electrons. The van der Waals surface area contributed by atoms with Gasteiger partial charge in [0, 0.05) is 25.2 Å². The maximum atomic E-state index is 10.8. The molecule has 0 aromatic carbocycles. The van der Waals surface area contributed by atoms with Crippen LogP contribution in [0.3, 0.4) is 0 Å². The minimum Gasteiger partial charge on any atom is -0.317 e. The molecule has 2 N–H and O–H groups in total. The van der Waals surface area contributed by atoms with Crippen molar-refractivity contribution in [2.75, 3.05) is 13.1 Å². The van der Waals surface area contributed by atoms with E-state index in [1.807, 2.05) is 5.48 Å². The van der Waals surface area contributed by atoms with Gasteiger partial charge in [0.15, 0.2) is 0 Å². The monoisotopic (exact) mass is 156 g/mol. The fourth-order valence-electron chi connectivity index (χ4n) is 0.813. The molecule has 5 nitrogen and oxygen atoms in total. The molecule has 0 aliphatic carbocycles. The highest BCUT2D eigenvalue weighted by atomic mass is 16.5. The summed E-state index contributed by atoms with van der Waals surface area (Å²) in [5.41, 5.74) is 1.86. The Hall–Kier alpha value is -1.20. The van der Waals surface area contributed by atoms with Gasteiger partial charge in [0.25, 0.3) is 11.8 Å². The van der Waals surface area contributed by atoms with Crippen LogP contribution in [0.15, 0.2) is 12.2 Å². The Bertz CT molecular complexity index is 194. The summed E-state index contributed by atoms with van der Waals surface area (Å²) in [7, 11) is 0. The molecule has 0 aromatic rings. The first-order chi connectivity index (χ1) is 5.25. The van der Waals surface area contributed by atoms with E-state index in [4.69, 9.17) is 5.21 Å². The molecular weight excluding hydrogens is 148 g/mol. The molecular formula is C6H8N2O3. The van der Waals surface area contributed by atoms with Crippen LogP contribution in [-0.4, -0.2) is 35.0 Å². The van der Waals surface area contributed by atoms with Gasteiger partial charge in [-0.25, -0.2) is 5.48 Å². The van der Waals surface area contributed by atoms with Crippen molar-refractivity contribution in [1.82, 2.24) is 10.4 Å². The second-order valence-electron chi connectivity index (χ2n) is 2.07. The van der Waals surface area contributed by atoms with Crippen LogP contribution in [0.4, 0.5) is 0 Å². The molecule has 5 heteroatoms. The van der Waals surface area contributed by atoms with E-state index < -0.39 is 0 Å². The fourth-order valence-corrected chi connectivity index (χ4v) is 0.813. The van der Waals surface area contributed by atoms with Crippen LogP contribution in [0.1, 0.15) is 0 Å². The van der Waals surface area contributed by atoms with Crippen LogP contribution in [0.25, 0.3) is 0 Å². The first-order valence-electron chi connectivity index (χ1n) is 3.16. The largest absolute Gasteiger partial charge is 0.317 e. The lowest BCUT2D eigenvalue weighted by molar-refractivity contribution is -0.136. The third kappa shape index (κ3) is 1.63. The molecule has 60 valence electrons. The van der Waals surface area contributed by atoms with Crippen molar-refractivity contribution < 1.29 is 14.8 Å². The van der Waals surface area contributed by atoms with Gasteiger partial charge in [0.1, 0.15) is 0 Å². The van der Waals surface area contributed by atoms with Gasteiger partial charge in [-0.2, -0.15) is 0 Å². The zero-order valence-electron chi connectivity index (χ0n) is 5.78. The predicted molar refractivity (Wildman–Crippen MR) is 35.6 cm³/mol. The van der Waals surface area contributed by atoms with Gasteiger partial charge in [-0.1, -0.05) is 0 Å². The number of nitrogens with zero attached hydrogens (tertiary/aromatic N) is 1. The number of rotatable bonds is 3. The molecule has 1 aliphatic heterocycles. The maximum absolute atomic E-state index is 10.8. The first kappa shape index (κ1) is 7.90. The SMILES string of the molecule is O=C1C=CC(=O)N1CCNO. The minimum absolute atomic E-state index is 0.194. The van der Waals surface area contributed by atoms with Gasteiger partial charge < -0.3 is 5.21 Å². The number of carbonyl (C=O) groups excluding carboxylic acids is 2. The topological polar surface area (TPSA) is 69.6 Å². The average molecular weight is 156 g/mol. The van der Waals surface area contributed by atoms with Gasteiger partial charge in [-0.3, -0.25) is 14.5 Å². The Kier molecular flexibility index (Phi) is 2.35. The average Bonchev–Trinajstić information content (AvgIpc) is 2.29. The quantitative estimate of drug-likeness (QED) is 0.401. The minimum atomic E-state index is -0.328. The number of hydroxylamine groups is 1. The highest BCUT2D eigenvalue weighted by Crippen LogP contribution is 2.01. The van der Waals surface area contributed by atoms with Crippen LogP contribution in [0.5, 0.6) is 0 Å². The van der Waals surface area contributed by atoms with Crippen LogP contribution >= 0.6 is 0 Å². The molecule has 1 heterocycles. The van der Waals surface area contributed by atoms with E-state index >= 15 is 0 Å². The van der Waals surface area contributed by atoms with Gasteiger partial charge in [0.05, 0.1) is 0 Å². The number of nitrogens with one attached hydrogen (secondary N) is 1. The summed E-state index contributed by atoms with van der Waals surface area (Å²) in [6.07, 6.45) is 2.42. The number of hydrogen-bond donors (Lipinski definition) is 2. The van der Waals surface area contributed by atoms with Gasteiger partial charge in [-0.05, 0) is 0 Å². The smallest absolute Gasteiger partial charge is 0.253 e. The van der Waals surface area contributed by atoms with Gasteiger partial charge in [-0.15, -0.1) is 0 Å². The second-order valence-corrected chi connectivity index (χ2v) is 2.07. The molecule has 0 saturated heterocycles. The van der Waals surface area contributed by atoms with Crippen molar-refractivity contribution in [3.8, 4) is 0 Å². The molecule has 0 atom stereocenters. The highest BCUT2D eigenvalue weighted by Gasteiger charge is 2.21. The van der Waals surface area contributed by atoms with Gasteiger partial charge >= 0.3 is 0 Å². The molecule has 11 heavy (non-hydrogen) atoms. The first-order valence-corrected chi connectivity index (χ1v) is 3.16. The van der Waals surface area contributed by atoms with Crippen molar-refractivity contribution in [1.29, 1.82) is 0 Å². The summed E-state index contributed by atoms with van der Waals surface area (Å²) in [5, 5.41) is 8.18. The second kappa shape index (κ2) is 3.27. The van der Waals surface area contributed by atoms with E-state index in [0.717, 1.165) is 4.90 Å². The van der Waals surface area contributed by atoms with E-state index in [9.17, 15) is 9.59 Å². The lowest BCUT2D eigenvalue weighted by Gasteiger charge is -2.11. The summed E-state index contributed by atoms with van der Waals surface area (Å²) in [6.45, 7) is 0.389. The molecule has 0 saturated carbocycles. The summed E-state index contributed by atoms with van der Waals surface area (Å²) in [4.78, 5) is 22.6. The molecule has 0 fully saturated rings. The van der Waals surface area contributed by atoms with Crippen LogP contribution in [0.2, 0.25) is 0 Å². The number of hydrogen-bond acceptors (Lipinski definition) is 4. The molecule has 1 rings (SSSR count). The van der Waals surface area contributed by atoms with Crippen molar-refractivity contribution in [3.63, 3.8) is 0 Å². The van der Waals surface area contributed by atoms with Crippen molar-refractivity contribution in [2.24, 2.45) is 0 Å². The van der Waals surface area contributed by atoms with E-state index in [2.05, 4.69) is 0 Å². The summed E-state index contributed by atoms with van der Waals surface area (Å²) < 4.78 is 0. The summed E-state index contributed by atoms with van der Waals surface area (Å²) >= 11 is 0. The van der Waals surface area contributed by atoms with E-state index in [1.165, 1.54) is 12.2 Å². The van der Waals surface area contributed by atoms with E-state index in [-0.39, 0.29) is 24.9 Å². The summed E-state index contributed by atoms with van der Waals surface area (Å²) in [5.74, 6) is -0.657. The van der Waals surface area contributed by atoms with Crippen LogP contribution in [0, 0.1) is 0 Å². The lowest BCUT2D eigenvalue weighted by atomic mass is 10.5. The highest BCUT2D eigenvalue weighted by molar-refractivity contribution is 6.12. The van der Waals surface area contributed by atoms with Crippen molar-refractivity contribution >= 4 is 11.8 Å². The van der Waals surface area contributed by atoms with Crippen LogP contribution in [-0.2, 0) is 9.59 Å². The van der Waals surface area contributed by atoms with Crippen molar-refractivity contribution in [2.45, 2.75) is 0 Å². The Morgan fingerprint density at radius 1 is 1.36 bits per heavy atom. The maximum Gasteiger partial charge on any atom is 0.253 e. The standard InChI is InChI=1S/C6H8N2O3/c9-5-1-2-6(10)8(5)4-3-7-11/h1-2,7,11H,3-4H2. The third-order valence-corrected chi connectivity index (χ3v) is 1.35. The Balaban J connectivity index is 2.46. The normalized spacial score (nSPS) is 16.6. The molecule has 0 bridgehead atoms. The molecule has 0 spiro atoms. The zero-order valence-corrected chi connectivity index (χ0v) is 5.78. The fraction of sp³-hybridized carbons (Fsp3) is 0.333. The molecule has 0 unspecified atom stereocenters. The lowest BCUT2D eigenvalue weighted by Crippen LogP contribution is -2.35. The Morgan fingerprint density at radius 2 is 1.91 bits per heavy atom. The predicted octanol–water partition coefficient (Wildman–Crippen LogP) is -1.11. The number of amides is 2. The van der Waals surface area contributed by atoms with E-state index in [0.29, 0.717) is 0 Å². The molecule has 0 aromatic heterocycles. The zero-order chi connectivity index (χ0) is 8.27. The molecule has 2 amide bonds.